The molecule has 5 nitrogen and oxygen atoms in total. The van der Waals surface area contributed by atoms with E-state index in [1.54, 1.807) is 13.0 Å². The maximum atomic E-state index is 11.6. The average molecular weight is 250 g/mol. The van der Waals surface area contributed by atoms with Gasteiger partial charge in [0.15, 0.2) is 0 Å². The molecule has 0 aliphatic heterocycles. The van der Waals surface area contributed by atoms with E-state index in [4.69, 9.17) is 5.11 Å². The van der Waals surface area contributed by atoms with E-state index in [2.05, 4.69) is 10.6 Å². The highest BCUT2D eigenvalue weighted by Crippen LogP contribution is 2.13. The van der Waals surface area contributed by atoms with Crippen LogP contribution in [0, 0.1) is 13.8 Å². The number of carboxylic acids is 1. The standard InChI is InChI=1S/C13H18N2O3/c1-4-11(12(16)17)15-13(18)14-10-6-5-8(2)9(3)7-10/h5-7,11H,4H2,1-3H3,(H,16,17)(H2,14,15,18)/t11-/m1/s1. The molecule has 1 aromatic rings. The molecule has 3 N–H and O–H groups in total. The van der Waals surface area contributed by atoms with Crippen LogP contribution in [0.4, 0.5) is 10.5 Å². The van der Waals surface area contributed by atoms with Gasteiger partial charge in [0.05, 0.1) is 0 Å². The number of aryl methyl sites for hydroxylation is 2. The van der Waals surface area contributed by atoms with Crippen molar-refractivity contribution >= 4 is 17.7 Å². The van der Waals surface area contributed by atoms with Gasteiger partial charge >= 0.3 is 12.0 Å². The molecule has 0 unspecified atom stereocenters. The summed E-state index contributed by atoms with van der Waals surface area (Å²) in [6, 6.07) is 4.16. The number of aliphatic carboxylic acids is 1. The number of hydrogen-bond donors (Lipinski definition) is 3. The van der Waals surface area contributed by atoms with Crippen molar-refractivity contribution in [3.8, 4) is 0 Å². The molecular weight excluding hydrogens is 232 g/mol. The van der Waals surface area contributed by atoms with Gasteiger partial charge in [0.2, 0.25) is 0 Å². The number of urea groups is 1. The van der Waals surface area contributed by atoms with Crippen molar-refractivity contribution in [2.24, 2.45) is 0 Å². The number of carbonyl (C=O) groups is 2. The first-order valence-electron chi connectivity index (χ1n) is 5.81. The van der Waals surface area contributed by atoms with Gasteiger partial charge in [0, 0.05) is 5.69 Å². The number of anilines is 1. The van der Waals surface area contributed by atoms with Crippen LogP contribution in [0.1, 0.15) is 24.5 Å². The van der Waals surface area contributed by atoms with Crippen molar-refractivity contribution in [1.29, 1.82) is 0 Å². The zero-order valence-electron chi connectivity index (χ0n) is 10.8. The van der Waals surface area contributed by atoms with Crippen LogP contribution >= 0.6 is 0 Å². The van der Waals surface area contributed by atoms with Crippen LogP contribution in [-0.2, 0) is 4.79 Å². The van der Waals surface area contributed by atoms with Crippen LogP contribution < -0.4 is 10.6 Å². The van der Waals surface area contributed by atoms with E-state index in [1.807, 2.05) is 26.0 Å². The van der Waals surface area contributed by atoms with Crippen molar-refractivity contribution in [1.82, 2.24) is 5.32 Å². The Morgan fingerprint density at radius 3 is 2.44 bits per heavy atom. The third-order valence-corrected chi connectivity index (χ3v) is 2.78. The minimum Gasteiger partial charge on any atom is -0.480 e. The lowest BCUT2D eigenvalue weighted by molar-refractivity contribution is -0.139. The van der Waals surface area contributed by atoms with Gasteiger partial charge in [0.25, 0.3) is 0 Å². The lowest BCUT2D eigenvalue weighted by atomic mass is 10.1. The molecule has 0 heterocycles. The Morgan fingerprint density at radius 1 is 1.28 bits per heavy atom. The Labute approximate surface area is 106 Å². The molecule has 1 aromatic carbocycles. The van der Waals surface area contributed by atoms with Crippen LogP contribution in [0.5, 0.6) is 0 Å². The molecule has 1 rings (SSSR count). The number of carboxylic acid groups (broad SMARTS) is 1. The highest BCUT2D eigenvalue weighted by molar-refractivity contribution is 5.92. The predicted molar refractivity (Wildman–Crippen MR) is 69.8 cm³/mol. The van der Waals surface area contributed by atoms with Gasteiger partial charge in [-0.25, -0.2) is 9.59 Å². The average Bonchev–Trinajstić information content (AvgIpc) is 2.30. The van der Waals surface area contributed by atoms with Gasteiger partial charge in [-0.2, -0.15) is 0 Å². The Kier molecular flexibility index (Phi) is 4.71. The molecule has 0 fully saturated rings. The lowest BCUT2D eigenvalue weighted by Gasteiger charge is -2.13. The van der Waals surface area contributed by atoms with E-state index < -0.39 is 18.0 Å². The summed E-state index contributed by atoms with van der Waals surface area (Å²) in [5, 5.41) is 13.8. The third kappa shape index (κ3) is 3.76. The number of nitrogens with one attached hydrogen (secondary N) is 2. The molecule has 0 bridgehead atoms. The molecule has 0 spiro atoms. The summed E-state index contributed by atoms with van der Waals surface area (Å²) >= 11 is 0. The summed E-state index contributed by atoms with van der Waals surface area (Å²) in [6.07, 6.45) is 0.343. The summed E-state index contributed by atoms with van der Waals surface area (Å²) in [5.74, 6) is -1.03. The maximum absolute atomic E-state index is 11.6. The number of rotatable bonds is 4. The normalized spacial score (nSPS) is 11.7. The summed E-state index contributed by atoms with van der Waals surface area (Å²) in [6.45, 7) is 5.64. The quantitative estimate of drug-likeness (QED) is 0.767. The van der Waals surface area contributed by atoms with Gasteiger partial charge in [-0.1, -0.05) is 13.0 Å². The number of amides is 2. The van der Waals surface area contributed by atoms with Crippen molar-refractivity contribution in [2.75, 3.05) is 5.32 Å². The highest BCUT2D eigenvalue weighted by Gasteiger charge is 2.17. The molecule has 0 saturated heterocycles. The Hall–Kier alpha value is -2.04. The zero-order chi connectivity index (χ0) is 13.7. The molecule has 2 amide bonds. The molecule has 0 aromatic heterocycles. The predicted octanol–water partition coefficient (Wildman–Crippen LogP) is 2.29. The van der Waals surface area contributed by atoms with E-state index in [0.717, 1.165) is 11.1 Å². The minimum atomic E-state index is -1.03. The number of hydrogen-bond acceptors (Lipinski definition) is 2. The lowest BCUT2D eigenvalue weighted by Crippen LogP contribution is -2.42. The van der Waals surface area contributed by atoms with Gasteiger partial charge in [0.1, 0.15) is 6.04 Å². The van der Waals surface area contributed by atoms with E-state index in [0.29, 0.717) is 12.1 Å². The number of carbonyl (C=O) groups excluding carboxylic acids is 1. The largest absolute Gasteiger partial charge is 0.480 e. The molecule has 0 aliphatic carbocycles. The van der Waals surface area contributed by atoms with Gasteiger partial charge in [-0.05, 0) is 43.5 Å². The van der Waals surface area contributed by atoms with Gasteiger partial charge in [-0.15, -0.1) is 0 Å². The Bertz CT molecular complexity index is 458. The van der Waals surface area contributed by atoms with E-state index >= 15 is 0 Å². The second-order valence-electron chi connectivity index (χ2n) is 4.20. The highest BCUT2D eigenvalue weighted by atomic mass is 16.4. The van der Waals surface area contributed by atoms with E-state index in [1.165, 1.54) is 0 Å². The van der Waals surface area contributed by atoms with Crippen molar-refractivity contribution < 1.29 is 14.7 Å². The third-order valence-electron chi connectivity index (χ3n) is 2.78. The van der Waals surface area contributed by atoms with Crippen LogP contribution in [0.2, 0.25) is 0 Å². The molecule has 18 heavy (non-hydrogen) atoms. The summed E-state index contributed by atoms with van der Waals surface area (Å²) < 4.78 is 0. The first-order chi connectivity index (χ1) is 8.43. The Balaban J connectivity index is 2.64. The summed E-state index contributed by atoms with van der Waals surface area (Å²) in [7, 11) is 0. The molecule has 0 saturated carbocycles. The van der Waals surface area contributed by atoms with Gasteiger partial charge in [-0.3, -0.25) is 0 Å². The molecule has 98 valence electrons. The second kappa shape index (κ2) is 6.05. The van der Waals surface area contributed by atoms with Crippen LogP contribution in [-0.4, -0.2) is 23.1 Å². The molecular formula is C13H18N2O3. The van der Waals surface area contributed by atoms with Crippen LogP contribution in [0.3, 0.4) is 0 Å². The van der Waals surface area contributed by atoms with Crippen molar-refractivity contribution in [3.63, 3.8) is 0 Å². The molecule has 5 heteroatoms. The topological polar surface area (TPSA) is 78.4 Å². The van der Waals surface area contributed by atoms with Gasteiger partial charge < -0.3 is 15.7 Å². The van der Waals surface area contributed by atoms with E-state index in [9.17, 15) is 9.59 Å². The minimum absolute atomic E-state index is 0.343. The van der Waals surface area contributed by atoms with Crippen LogP contribution in [0.25, 0.3) is 0 Å². The molecule has 1 atom stereocenters. The van der Waals surface area contributed by atoms with Crippen LogP contribution in [0.15, 0.2) is 18.2 Å². The fraction of sp³-hybridized carbons (Fsp3) is 0.385. The first kappa shape index (κ1) is 14.0. The number of benzene rings is 1. The SMILES string of the molecule is CC[C@@H](NC(=O)Nc1ccc(C)c(C)c1)C(=O)O. The molecule has 0 aliphatic rings. The fourth-order valence-corrected chi connectivity index (χ4v) is 1.48. The first-order valence-corrected chi connectivity index (χ1v) is 5.81. The smallest absolute Gasteiger partial charge is 0.326 e. The second-order valence-corrected chi connectivity index (χ2v) is 4.20. The summed E-state index contributed by atoms with van der Waals surface area (Å²) in [5.41, 5.74) is 2.85. The summed E-state index contributed by atoms with van der Waals surface area (Å²) in [4.78, 5) is 22.4. The maximum Gasteiger partial charge on any atom is 0.326 e. The Morgan fingerprint density at radius 2 is 1.94 bits per heavy atom. The van der Waals surface area contributed by atoms with Crippen molar-refractivity contribution in [3.05, 3.63) is 29.3 Å². The zero-order valence-corrected chi connectivity index (χ0v) is 10.8. The van der Waals surface area contributed by atoms with Crippen molar-refractivity contribution in [2.45, 2.75) is 33.2 Å². The van der Waals surface area contributed by atoms with E-state index in [-0.39, 0.29) is 0 Å². The fourth-order valence-electron chi connectivity index (χ4n) is 1.48. The monoisotopic (exact) mass is 250 g/mol. The molecule has 0 radical (unpaired) electrons.